The molecule has 2 rings (SSSR count). The lowest BCUT2D eigenvalue weighted by Crippen LogP contribution is -2.94. The predicted octanol–water partition coefficient (Wildman–Crippen LogP) is 1.75. The van der Waals surface area contributed by atoms with Crippen LogP contribution in [0, 0.1) is 0 Å². The van der Waals surface area contributed by atoms with Crippen LogP contribution < -0.4 is 10.6 Å². The van der Waals surface area contributed by atoms with E-state index in [1.54, 1.807) is 4.68 Å². The Morgan fingerprint density at radius 3 is 2.59 bits per heavy atom. The standard InChI is InChI=1S/C19H30N6OS/c1-14(2)15-7-9-16(10-8-15)25-18(22-23-24-25)27-13-17(26)20-11-6-12-21-19(3,4)5/h7-10,14,21H,6,11-13H2,1-5H3,(H,20,26)/p+1. The number of nitrogens with zero attached hydrogens (tertiary/aromatic N) is 4. The fourth-order valence-corrected chi connectivity index (χ4v) is 3.20. The van der Waals surface area contributed by atoms with E-state index in [1.807, 2.05) is 12.1 Å². The Bertz CT molecular complexity index is 721. The molecule has 0 unspecified atom stereocenters. The topological polar surface area (TPSA) is 89.3 Å². The second-order valence-corrected chi connectivity index (χ2v) is 8.91. The minimum absolute atomic E-state index is 0.000430. The maximum Gasteiger partial charge on any atom is 0.230 e. The Labute approximate surface area is 165 Å². The molecular weight excluding hydrogens is 360 g/mol. The SMILES string of the molecule is CC(C)c1ccc(-n2nnnc2SCC(=O)NCCC[NH2+]C(C)(C)C)cc1. The highest BCUT2D eigenvalue weighted by Gasteiger charge is 2.13. The number of tetrazole rings is 1. The van der Waals surface area contributed by atoms with Gasteiger partial charge in [-0.25, -0.2) is 0 Å². The Morgan fingerprint density at radius 2 is 1.96 bits per heavy atom. The van der Waals surface area contributed by atoms with Gasteiger partial charge < -0.3 is 10.6 Å². The van der Waals surface area contributed by atoms with Crippen LogP contribution in [0.3, 0.4) is 0 Å². The van der Waals surface area contributed by atoms with Crippen molar-refractivity contribution in [3.05, 3.63) is 29.8 Å². The first-order chi connectivity index (χ1) is 12.8. The predicted molar refractivity (Wildman–Crippen MR) is 108 cm³/mol. The van der Waals surface area contributed by atoms with Gasteiger partial charge in [0.15, 0.2) is 0 Å². The van der Waals surface area contributed by atoms with Crippen LogP contribution in [0.2, 0.25) is 0 Å². The average Bonchev–Trinajstić information content (AvgIpc) is 3.07. The van der Waals surface area contributed by atoms with Crippen LogP contribution in [0.5, 0.6) is 0 Å². The quantitative estimate of drug-likeness (QED) is 0.502. The summed E-state index contributed by atoms with van der Waals surface area (Å²) in [5.74, 6) is 0.778. The molecule has 2 aromatic rings. The third-order valence-corrected chi connectivity index (χ3v) is 4.96. The summed E-state index contributed by atoms with van der Waals surface area (Å²) < 4.78 is 1.67. The molecule has 1 heterocycles. The second-order valence-electron chi connectivity index (χ2n) is 7.97. The van der Waals surface area contributed by atoms with Crippen LogP contribution >= 0.6 is 11.8 Å². The third kappa shape index (κ3) is 7.30. The van der Waals surface area contributed by atoms with E-state index >= 15 is 0 Å². The Kier molecular flexibility index (Phi) is 7.79. The van der Waals surface area contributed by atoms with Crippen LogP contribution in [0.25, 0.3) is 5.69 Å². The maximum absolute atomic E-state index is 12.0. The summed E-state index contributed by atoms with van der Waals surface area (Å²) in [6.45, 7) is 12.6. The van der Waals surface area contributed by atoms with Gasteiger partial charge in [0.2, 0.25) is 11.1 Å². The zero-order chi connectivity index (χ0) is 19.9. The molecule has 0 radical (unpaired) electrons. The summed E-state index contributed by atoms with van der Waals surface area (Å²) in [6.07, 6.45) is 0.952. The molecular formula is C19H31N6OS+. The lowest BCUT2D eigenvalue weighted by Gasteiger charge is -2.16. The normalized spacial score (nSPS) is 11.8. The molecule has 148 valence electrons. The van der Waals surface area contributed by atoms with Crippen molar-refractivity contribution < 1.29 is 10.1 Å². The number of quaternary nitrogens is 1. The first-order valence-corrected chi connectivity index (χ1v) is 10.4. The van der Waals surface area contributed by atoms with Crippen molar-refractivity contribution in [3.63, 3.8) is 0 Å². The molecule has 27 heavy (non-hydrogen) atoms. The summed E-state index contributed by atoms with van der Waals surface area (Å²) in [4.78, 5) is 12.0. The van der Waals surface area contributed by atoms with E-state index in [2.05, 4.69) is 72.9 Å². The van der Waals surface area contributed by atoms with Gasteiger partial charge in [-0.1, -0.05) is 37.7 Å². The highest BCUT2D eigenvalue weighted by atomic mass is 32.2. The molecule has 7 nitrogen and oxygen atoms in total. The molecule has 0 spiro atoms. The summed E-state index contributed by atoms with van der Waals surface area (Å²) >= 11 is 1.34. The van der Waals surface area contributed by atoms with Gasteiger partial charge in [0, 0.05) is 13.0 Å². The number of aromatic nitrogens is 4. The molecule has 0 aliphatic heterocycles. The van der Waals surface area contributed by atoms with Crippen LogP contribution in [-0.2, 0) is 4.79 Å². The molecule has 0 aliphatic rings. The number of nitrogens with one attached hydrogen (secondary N) is 1. The Morgan fingerprint density at radius 1 is 1.26 bits per heavy atom. The smallest absolute Gasteiger partial charge is 0.230 e. The summed E-state index contributed by atoms with van der Waals surface area (Å²) in [6, 6.07) is 8.16. The van der Waals surface area contributed by atoms with E-state index in [4.69, 9.17) is 0 Å². The van der Waals surface area contributed by atoms with E-state index in [0.29, 0.717) is 23.4 Å². The van der Waals surface area contributed by atoms with Crippen molar-refractivity contribution in [2.45, 2.75) is 57.7 Å². The number of thioether (sulfide) groups is 1. The first-order valence-electron chi connectivity index (χ1n) is 9.39. The summed E-state index contributed by atoms with van der Waals surface area (Å²) in [5, 5.41) is 17.7. The zero-order valence-electron chi connectivity index (χ0n) is 16.9. The number of nitrogens with two attached hydrogens (primary N) is 1. The molecule has 1 aromatic heterocycles. The number of carbonyl (C=O) groups excluding carboxylic acids is 1. The molecule has 0 saturated carbocycles. The maximum atomic E-state index is 12.0. The number of amides is 1. The first kappa shape index (κ1) is 21.4. The van der Waals surface area contributed by atoms with Crippen molar-refractivity contribution in [2.75, 3.05) is 18.8 Å². The number of carbonyl (C=O) groups is 1. The van der Waals surface area contributed by atoms with E-state index in [1.165, 1.54) is 17.3 Å². The van der Waals surface area contributed by atoms with Crippen molar-refractivity contribution in [3.8, 4) is 5.69 Å². The largest absolute Gasteiger partial charge is 0.355 e. The molecule has 3 N–H and O–H groups in total. The van der Waals surface area contributed by atoms with Crippen LogP contribution in [0.1, 0.15) is 52.5 Å². The fourth-order valence-electron chi connectivity index (χ4n) is 2.48. The van der Waals surface area contributed by atoms with Gasteiger partial charge in [-0.15, -0.1) is 5.10 Å². The van der Waals surface area contributed by atoms with Crippen molar-refractivity contribution in [1.82, 2.24) is 25.5 Å². The van der Waals surface area contributed by atoms with E-state index in [0.717, 1.165) is 18.7 Å². The van der Waals surface area contributed by atoms with E-state index < -0.39 is 0 Å². The van der Waals surface area contributed by atoms with Crippen molar-refractivity contribution in [1.29, 1.82) is 0 Å². The molecule has 1 amide bonds. The monoisotopic (exact) mass is 391 g/mol. The second kappa shape index (κ2) is 9.85. The van der Waals surface area contributed by atoms with Gasteiger partial charge in [0.05, 0.1) is 23.5 Å². The molecule has 8 heteroatoms. The van der Waals surface area contributed by atoms with Gasteiger partial charge >= 0.3 is 0 Å². The summed E-state index contributed by atoms with van der Waals surface area (Å²) in [5.41, 5.74) is 2.39. The summed E-state index contributed by atoms with van der Waals surface area (Å²) in [7, 11) is 0. The fraction of sp³-hybridized carbons (Fsp3) is 0.579. The number of hydrogen-bond acceptors (Lipinski definition) is 5. The molecule has 0 fully saturated rings. The lowest BCUT2D eigenvalue weighted by molar-refractivity contribution is -0.717. The molecule has 0 saturated heterocycles. The van der Waals surface area contributed by atoms with Gasteiger partial charge in [-0.05, 0) is 54.8 Å². The minimum Gasteiger partial charge on any atom is -0.355 e. The van der Waals surface area contributed by atoms with Crippen molar-refractivity contribution in [2.24, 2.45) is 0 Å². The van der Waals surface area contributed by atoms with Gasteiger partial charge in [-0.3, -0.25) is 4.79 Å². The lowest BCUT2D eigenvalue weighted by atomic mass is 10.0. The molecule has 0 bridgehead atoms. The van der Waals surface area contributed by atoms with E-state index in [9.17, 15) is 4.79 Å². The highest BCUT2D eigenvalue weighted by Crippen LogP contribution is 2.20. The minimum atomic E-state index is 0.000430. The Hall–Kier alpha value is -1.93. The van der Waals surface area contributed by atoms with Crippen molar-refractivity contribution >= 4 is 17.7 Å². The number of benzene rings is 1. The third-order valence-electron chi connectivity index (χ3n) is 4.04. The van der Waals surface area contributed by atoms with E-state index in [-0.39, 0.29) is 11.4 Å². The van der Waals surface area contributed by atoms with Gasteiger partial charge in [-0.2, -0.15) is 4.68 Å². The average molecular weight is 392 g/mol. The number of rotatable bonds is 9. The molecule has 1 aromatic carbocycles. The highest BCUT2D eigenvalue weighted by molar-refractivity contribution is 7.99. The molecule has 0 aliphatic carbocycles. The zero-order valence-corrected chi connectivity index (χ0v) is 17.7. The van der Waals surface area contributed by atoms with Gasteiger partial charge in [0.25, 0.3) is 0 Å². The van der Waals surface area contributed by atoms with Crippen LogP contribution in [0.15, 0.2) is 29.4 Å². The molecule has 0 atom stereocenters. The van der Waals surface area contributed by atoms with Crippen LogP contribution in [0.4, 0.5) is 0 Å². The number of hydrogen-bond donors (Lipinski definition) is 2. The van der Waals surface area contributed by atoms with Crippen LogP contribution in [-0.4, -0.2) is 50.5 Å². The van der Waals surface area contributed by atoms with Gasteiger partial charge in [0.1, 0.15) is 0 Å². The Balaban J connectivity index is 1.80.